The lowest BCUT2D eigenvalue weighted by atomic mass is 9.84. The quantitative estimate of drug-likeness (QED) is 0.0606. The van der Waals surface area contributed by atoms with Crippen LogP contribution in [-0.4, -0.2) is 291 Å². The van der Waals surface area contributed by atoms with Crippen molar-refractivity contribution in [2.75, 3.05) is 152 Å². The Balaban J connectivity index is 0.0000000995. The molecule has 0 radical (unpaired) electrons. The standard InChI is InChI=1S/C16H19ClN4.2C16H20N4O.C15H17BrN4.C15H16F2N4.2C15H17FN4.ClH/c17-9-12-1-3-13(4-2-12)15-10-21(19-18-15)16-11-20-7-5-14(16)6-8-20;1-21-14-4-2-3-13(9-14)15-10-20(18-17-15)16-11-19-7-5-12(16)6-8-19;1-21-16-5-3-2-4-13(16)14-10-20(18-17-14)15-11-19-8-6-12(15)7-9-19;16-13-3-1-2-12(8-13)14-9-20(18-17-14)15-10-19-6-4-11(15)5-7-19;16-12-2-1-11(7-13(12)17)14-8-21(19-18-14)15-9-20-5-3-10(15)4-6-20;16-13-3-1-11(2-4-13)14-9-20(18-17-14)15-10-19-7-5-12(15)6-8-19;16-13-4-2-1-3-12(13)14-9-20(18-17-14)15-10-19-7-5-11(15)6-8-19;/h1-4,10,14,16H,5-9,11H2;2-4,9-10,12,16H,5-8,11H2,1H3;2-5,10,12,15H,6-9,11H2,1H3;1-3,8-9,11,15H,4-7,10H2;1-2,7-8,10,15H,3-6,9H2;1-4,9,12,15H,5-8,10H2;1-4,9,11,15H,5-8,10H2;1H/t2*16-;5*15-;/m0000010./s1. The maximum absolute atomic E-state index is 13.8. The van der Waals surface area contributed by atoms with Gasteiger partial charge in [-0.25, -0.2) is 50.3 Å². The van der Waals surface area contributed by atoms with Gasteiger partial charge in [-0.05, 0) is 320 Å². The first kappa shape index (κ1) is 99.6. The van der Waals surface area contributed by atoms with E-state index in [4.69, 9.17) is 21.1 Å². The fourth-order valence-corrected chi connectivity index (χ4v) is 25.2. The molecule has 21 saturated heterocycles. The number of nitrogens with zero attached hydrogens (tertiary/aromatic N) is 28. The molecule has 21 aliphatic heterocycles. The largest absolute Gasteiger partial charge is 0.497 e. The second-order valence-corrected chi connectivity index (χ2v) is 42.6. The van der Waals surface area contributed by atoms with Gasteiger partial charge in [-0.3, -0.25) is 0 Å². The van der Waals surface area contributed by atoms with Crippen LogP contribution in [0.1, 0.15) is 138 Å². The molecule has 35 rings (SSSR count). The van der Waals surface area contributed by atoms with Gasteiger partial charge in [0.2, 0.25) is 0 Å². The number of hydrogen-bond donors (Lipinski definition) is 0. The number of halogens is 7. The van der Waals surface area contributed by atoms with Crippen LogP contribution in [0.3, 0.4) is 0 Å². The van der Waals surface area contributed by atoms with E-state index in [1.54, 1.807) is 38.5 Å². The monoisotopic (exact) mass is 2070 g/mol. The van der Waals surface area contributed by atoms with Crippen molar-refractivity contribution in [2.45, 2.75) is 138 Å². The summed E-state index contributed by atoms with van der Waals surface area (Å²) >= 11 is 9.34. The highest BCUT2D eigenvalue weighted by Gasteiger charge is 2.43. The molecule has 21 fully saturated rings. The van der Waals surface area contributed by atoms with Crippen LogP contribution in [0.2, 0.25) is 0 Å². The molecule has 0 spiro atoms. The minimum absolute atomic E-state index is 0. The molecular weight excluding hydrogens is 1950 g/mol. The van der Waals surface area contributed by atoms with E-state index in [2.05, 4.69) is 202 Å². The Labute approximate surface area is 862 Å². The number of fused-ring (bicyclic) bond motifs is 21. The van der Waals surface area contributed by atoms with Crippen LogP contribution in [0.5, 0.6) is 11.5 Å². The molecule has 7 aromatic heterocycles. The Morgan fingerprint density at radius 1 is 0.283 bits per heavy atom. The van der Waals surface area contributed by atoms with Crippen LogP contribution < -0.4 is 9.47 Å². The van der Waals surface area contributed by atoms with Gasteiger partial charge in [-0.2, -0.15) is 0 Å². The lowest BCUT2D eigenvalue weighted by Crippen LogP contribution is -2.48. The summed E-state index contributed by atoms with van der Waals surface area (Å²) in [5, 5.41) is 60.3. The third-order valence-electron chi connectivity index (χ3n) is 33.1. The average molecular weight is 2080 g/mol. The van der Waals surface area contributed by atoms with E-state index < -0.39 is 11.6 Å². The molecule has 145 heavy (non-hydrogen) atoms. The Morgan fingerprint density at radius 3 is 0.890 bits per heavy atom. The van der Waals surface area contributed by atoms with Crippen molar-refractivity contribution in [3.05, 3.63) is 240 Å². The highest BCUT2D eigenvalue weighted by Crippen LogP contribution is 2.45. The average Bonchev–Trinajstić information content (AvgIpc) is 1.74. The van der Waals surface area contributed by atoms with Gasteiger partial charge >= 0.3 is 0 Å². The minimum atomic E-state index is -0.857. The molecule has 7 atom stereocenters. The zero-order chi connectivity index (χ0) is 97.7. The highest BCUT2D eigenvalue weighted by molar-refractivity contribution is 9.10. The van der Waals surface area contributed by atoms with Crippen molar-refractivity contribution in [3.63, 3.8) is 0 Å². The number of hydrogen-bond acceptors (Lipinski definition) is 23. The lowest BCUT2D eigenvalue weighted by molar-refractivity contribution is 0.0504. The minimum Gasteiger partial charge on any atom is -0.497 e. The van der Waals surface area contributed by atoms with Crippen LogP contribution in [0, 0.1) is 64.7 Å². The first-order valence-electron chi connectivity index (χ1n) is 51.8. The molecule has 0 unspecified atom stereocenters. The number of ether oxygens (including phenoxy) is 2. The summed E-state index contributed by atoms with van der Waals surface area (Å²) < 4.78 is 79.0. The molecule has 0 saturated carbocycles. The maximum Gasteiger partial charge on any atom is 0.159 e. The van der Waals surface area contributed by atoms with E-state index in [-0.39, 0.29) is 24.0 Å². The van der Waals surface area contributed by atoms with Crippen molar-refractivity contribution < 1.29 is 27.0 Å². The molecule has 0 N–H and O–H groups in total. The van der Waals surface area contributed by atoms with E-state index in [0.29, 0.717) is 82.5 Å². The van der Waals surface area contributed by atoms with Crippen LogP contribution in [0.25, 0.3) is 78.8 Å². The molecule has 0 amide bonds. The molecule has 28 heterocycles. The van der Waals surface area contributed by atoms with Crippen molar-refractivity contribution in [1.29, 1.82) is 0 Å². The number of rotatable bonds is 17. The smallest absolute Gasteiger partial charge is 0.159 e. The molecular formula is C108H127BrCl2F4N28O2. The molecule has 0 aliphatic carbocycles. The Bertz CT molecular complexity index is 6580. The topological polar surface area (TPSA) is 256 Å². The van der Waals surface area contributed by atoms with Crippen molar-refractivity contribution >= 4 is 39.9 Å². The summed E-state index contributed by atoms with van der Waals surface area (Å²) in [5.74, 6) is 5.19. The Morgan fingerprint density at radius 2 is 0.572 bits per heavy atom. The zero-order valence-electron chi connectivity index (χ0n) is 82.2. The van der Waals surface area contributed by atoms with Crippen LogP contribution in [0.4, 0.5) is 17.6 Å². The van der Waals surface area contributed by atoms with Gasteiger partial charge in [0, 0.05) is 95.1 Å². The summed E-state index contributed by atoms with van der Waals surface area (Å²) in [7, 11) is 3.37. The number of para-hydroxylation sites is 1. The van der Waals surface area contributed by atoms with E-state index in [9.17, 15) is 17.6 Å². The van der Waals surface area contributed by atoms with Crippen LogP contribution in [0.15, 0.2) is 212 Å². The van der Waals surface area contributed by atoms with Crippen LogP contribution in [-0.2, 0) is 5.88 Å². The second-order valence-electron chi connectivity index (χ2n) is 41.4. The highest BCUT2D eigenvalue weighted by atomic mass is 79.9. The molecule has 760 valence electrons. The third-order valence-corrected chi connectivity index (χ3v) is 33.9. The van der Waals surface area contributed by atoms with Gasteiger partial charge in [0.15, 0.2) is 11.6 Å². The first-order valence-corrected chi connectivity index (χ1v) is 53.1. The molecule has 30 nitrogen and oxygen atoms in total. The summed E-state index contributed by atoms with van der Waals surface area (Å²) in [5.41, 5.74) is 13.2. The van der Waals surface area contributed by atoms with Crippen molar-refractivity contribution in [3.8, 4) is 90.3 Å². The second kappa shape index (κ2) is 45.5. The molecule has 7 aromatic carbocycles. The summed E-state index contributed by atoms with van der Waals surface area (Å²) in [6, 6.07) is 52.6. The number of methoxy groups -OCH3 is 2. The summed E-state index contributed by atoms with van der Waals surface area (Å²) in [4.78, 5) is 17.6. The van der Waals surface area contributed by atoms with Gasteiger partial charge in [0.25, 0.3) is 0 Å². The van der Waals surface area contributed by atoms with Crippen molar-refractivity contribution in [1.82, 2.24) is 139 Å². The van der Waals surface area contributed by atoms with E-state index in [0.717, 1.165) is 159 Å². The Kier molecular flexibility index (Phi) is 31.3. The van der Waals surface area contributed by atoms with E-state index in [1.165, 1.54) is 212 Å². The fourth-order valence-electron chi connectivity index (χ4n) is 24.6. The fraction of sp³-hybridized carbons (Fsp3) is 0.481. The SMILES string of the molecule is Brc1cccc(-c2cn([C@H]3CN4CCC3CC4)nn2)c1.COc1cccc(-c2cn([C@H]3CN4CCC3CC4)nn2)c1.COc1ccccc1-c1cn([C@H]2CN3CCC2CC3)nn1.Cl.ClCc1ccc(-c2cn([C@H]3CN4CCC3CC4)nn2)cc1.Fc1ccc(-c2cn([C@@H]3CN4CCC3CC4)nn2)cc1.Fc1ccc(-c2cn([C@H]3CN4CCC3CC4)nn2)cc1F.Fc1ccccc1-c1cn([C@H]2CN3CCC2CC3)nn1. The molecule has 21 aliphatic rings. The summed E-state index contributed by atoms with van der Waals surface area (Å²) in [6.07, 6.45) is 31.8. The van der Waals surface area contributed by atoms with E-state index >= 15 is 0 Å². The van der Waals surface area contributed by atoms with Crippen molar-refractivity contribution in [2.24, 2.45) is 41.4 Å². The Hall–Kier alpha value is -11.4. The molecule has 37 heteroatoms. The molecule has 14 aromatic rings. The number of aromatic nitrogens is 21. The normalized spacial score (nSPS) is 28.0. The number of benzene rings is 7. The zero-order valence-corrected chi connectivity index (χ0v) is 85.3. The predicted octanol–water partition coefficient (Wildman–Crippen LogP) is 18.0. The molecule has 14 bridgehead atoms. The first-order chi connectivity index (χ1) is 70.6. The van der Waals surface area contributed by atoms with Gasteiger partial charge < -0.3 is 43.8 Å². The van der Waals surface area contributed by atoms with Crippen LogP contribution >= 0.6 is 39.9 Å². The van der Waals surface area contributed by atoms with Gasteiger partial charge in [0.1, 0.15) is 63.0 Å². The van der Waals surface area contributed by atoms with Gasteiger partial charge in [-0.1, -0.05) is 125 Å². The van der Waals surface area contributed by atoms with E-state index in [1.807, 2.05) is 99.4 Å². The predicted molar refractivity (Wildman–Crippen MR) is 553 cm³/mol. The lowest BCUT2D eigenvalue weighted by Gasteiger charge is -2.44. The summed E-state index contributed by atoms with van der Waals surface area (Å²) in [6.45, 7) is 24.8. The van der Waals surface area contributed by atoms with Gasteiger partial charge in [-0.15, -0.1) is 59.7 Å². The van der Waals surface area contributed by atoms with Gasteiger partial charge in [0.05, 0.1) is 99.9 Å². The number of alkyl halides is 1. The number of piperidine rings is 21. The third kappa shape index (κ3) is 22.9. The maximum atomic E-state index is 13.8.